The van der Waals surface area contributed by atoms with Crippen LogP contribution in [0.2, 0.25) is 5.02 Å². The van der Waals surface area contributed by atoms with Crippen LogP contribution < -0.4 is 14.4 Å². The molecular weight excluding hydrogens is 340 g/mol. The van der Waals surface area contributed by atoms with E-state index in [-0.39, 0.29) is 5.91 Å². The van der Waals surface area contributed by atoms with Crippen LogP contribution in [0.1, 0.15) is 15.9 Å². The molecule has 2 aliphatic rings. The van der Waals surface area contributed by atoms with Gasteiger partial charge in [0.2, 0.25) is 6.79 Å². The van der Waals surface area contributed by atoms with Crippen LogP contribution in [0.25, 0.3) is 0 Å². The highest BCUT2D eigenvalue weighted by atomic mass is 35.5. The summed E-state index contributed by atoms with van der Waals surface area (Å²) in [6.07, 6.45) is 0. The van der Waals surface area contributed by atoms with Crippen LogP contribution >= 0.6 is 11.6 Å². The predicted molar refractivity (Wildman–Crippen MR) is 94.3 cm³/mol. The fourth-order valence-electron chi connectivity index (χ4n) is 3.35. The maximum absolute atomic E-state index is 12.6. The van der Waals surface area contributed by atoms with E-state index in [0.717, 1.165) is 44.2 Å². The highest BCUT2D eigenvalue weighted by Gasteiger charge is 2.26. The molecule has 0 spiro atoms. The number of nitrogens with one attached hydrogen (secondary N) is 1. The normalized spacial score (nSPS) is 16.9. The van der Waals surface area contributed by atoms with E-state index in [9.17, 15) is 4.79 Å². The molecule has 0 unspecified atom stereocenters. The molecule has 0 saturated carbocycles. The van der Waals surface area contributed by atoms with E-state index in [4.69, 9.17) is 21.1 Å². The average molecular weight is 360 g/mol. The number of nitrogens with zero attached hydrogens (tertiary/aromatic N) is 1. The fraction of sp³-hybridized carbons (Fsp3) is 0.316. The van der Waals surface area contributed by atoms with Gasteiger partial charge in [-0.1, -0.05) is 23.7 Å². The second kappa shape index (κ2) is 6.94. The maximum atomic E-state index is 12.6. The highest BCUT2D eigenvalue weighted by Crippen LogP contribution is 2.32. The van der Waals surface area contributed by atoms with Gasteiger partial charge in [-0.3, -0.25) is 4.79 Å². The minimum Gasteiger partial charge on any atom is -0.454 e. The Morgan fingerprint density at radius 2 is 1.84 bits per heavy atom. The van der Waals surface area contributed by atoms with Crippen molar-refractivity contribution in [2.75, 3.05) is 33.0 Å². The van der Waals surface area contributed by atoms with Crippen LogP contribution in [0.15, 0.2) is 42.5 Å². The largest absolute Gasteiger partial charge is 0.454 e. The SMILES string of the molecule is O=C(c1ccccc1Cl)N1CC[NH+](Cc2ccc3c(c2)OCO3)CC1. The summed E-state index contributed by atoms with van der Waals surface area (Å²) in [5, 5.41) is 0.516. The number of fused-ring (bicyclic) bond motifs is 1. The first-order valence-electron chi connectivity index (χ1n) is 8.46. The van der Waals surface area contributed by atoms with Gasteiger partial charge in [-0.2, -0.15) is 0 Å². The summed E-state index contributed by atoms with van der Waals surface area (Å²) in [6.45, 7) is 4.54. The lowest BCUT2D eigenvalue weighted by atomic mass is 10.1. The van der Waals surface area contributed by atoms with Crippen LogP contribution in [0.3, 0.4) is 0 Å². The highest BCUT2D eigenvalue weighted by molar-refractivity contribution is 6.33. The molecule has 0 atom stereocenters. The Hall–Kier alpha value is -2.24. The van der Waals surface area contributed by atoms with E-state index < -0.39 is 0 Å². The second-order valence-electron chi connectivity index (χ2n) is 6.39. The molecule has 2 aromatic rings. The smallest absolute Gasteiger partial charge is 0.255 e. The number of quaternary nitrogens is 1. The van der Waals surface area contributed by atoms with E-state index in [1.54, 1.807) is 12.1 Å². The van der Waals surface area contributed by atoms with Gasteiger partial charge in [-0.05, 0) is 30.3 Å². The number of hydrogen-bond donors (Lipinski definition) is 1. The molecular formula is C19H20ClN2O3+. The van der Waals surface area contributed by atoms with Gasteiger partial charge in [0, 0.05) is 5.56 Å². The van der Waals surface area contributed by atoms with E-state index in [2.05, 4.69) is 12.1 Å². The summed E-state index contributed by atoms with van der Waals surface area (Å²) in [7, 11) is 0. The van der Waals surface area contributed by atoms with Gasteiger partial charge in [0.15, 0.2) is 11.5 Å². The molecule has 6 heteroatoms. The third kappa shape index (κ3) is 3.43. The number of piperazine rings is 1. The van der Waals surface area contributed by atoms with Gasteiger partial charge >= 0.3 is 0 Å². The third-order valence-corrected chi connectivity index (χ3v) is 5.08. The molecule has 2 heterocycles. The van der Waals surface area contributed by atoms with Gasteiger partial charge in [-0.25, -0.2) is 0 Å². The molecule has 4 rings (SSSR count). The van der Waals surface area contributed by atoms with E-state index in [0.29, 0.717) is 17.4 Å². The van der Waals surface area contributed by atoms with Crippen LogP contribution in [0.4, 0.5) is 0 Å². The number of amides is 1. The zero-order chi connectivity index (χ0) is 17.2. The summed E-state index contributed by atoms with van der Waals surface area (Å²) in [5.41, 5.74) is 1.81. The molecule has 2 aromatic carbocycles. The monoisotopic (exact) mass is 359 g/mol. The summed E-state index contributed by atoms with van der Waals surface area (Å²) >= 11 is 6.15. The molecule has 0 bridgehead atoms. The number of benzene rings is 2. The number of halogens is 1. The first-order chi connectivity index (χ1) is 12.2. The van der Waals surface area contributed by atoms with E-state index in [1.807, 2.05) is 23.1 Å². The summed E-state index contributed by atoms with van der Waals surface area (Å²) in [5.74, 6) is 1.66. The van der Waals surface area contributed by atoms with Crippen molar-refractivity contribution in [1.29, 1.82) is 0 Å². The van der Waals surface area contributed by atoms with Crippen molar-refractivity contribution in [2.45, 2.75) is 6.54 Å². The topological polar surface area (TPSA) is 43.2 Å². The molecule has 1 saturated heterocycles. The van der Waals surface area contributed by atoms with Gasteiger partial charge < -0.3 is 19.3 Å². The summed E-state index contributed by atoms with van der Waals surface area (Å²) < 4.78 is 10.8. The summed E-state index contributed by atoms with van der Waals surface area (Å²) in [4.78, 5) is 16.0. The van der Waals surface area contributed by atoms with Crippen molar-refractivity contribution in [3.63, 3.8) is 0 Å². The van der Waals surface area contributed by atoms with Gasteiger partial charge in [0.25, 0.3) is 5.91 Å². The summed E-state index contributed by atoms with van der Waals surface area (Å²) in [6, 6.07) is 13.3. The van der Waals surface area contributed by atoms with Crippen molar-refractivity contribution >= 4 is 17.5 Å². The molecule has 130 valence electrons. The van der Waals surface area contributed by atoms with Gasteiger partial charge in [0.1, 0.15) is 6.54 Å². The number of carbonyl (C=O) groups excluding carboxylic acids is 1. The average Bonchev–Trinajstić information content (AvgIpc) is 3.10. The molecule has 1 N–H and O–H groups in total. The lowest BCUT2D eigenvalue weighted by molar-refractivity contribution is -0.917. The molecule has 0 radical (unpaired) electrons. The standard InChI is InChI=1S/C19H19ClN2O3/c20-16-4-2-1-3-15(16)19(23)22-9-7-21(8-10-22)12-14-5-6-17-18(11-14)25-13-24-17/h1-6,11H,7-10,12-13H2/p+1. The Morgan fingerprint density at radius 1 is 1.08 bits per heavy atom. The Labute approximate surface area is 151 Å². The van der Waals surface area contributed by atoms with Crippen LogP contribution in [0, 0.1) is 0 Å². The molecule has 5 nitrogen and oxygen atoms in total. The number of ether oxygens (including phenoxy) is 2. The molecule has 1 amide bonds. The Kier molecular flexibility index (Phi) is 4.51. The molecule has 0 aromatic heterocycles. The number of hydrogen-bond acceptors (Lipinski definition) is 3. The Morgan fingerprint density at radius 3 is 2.64 bits per heavy atom. The maximum Gasteiger partial charge on any atom is 0.255 e. The van der Waals surface area contributed by atoms with Crippen molar-refractivity contribution in [3.8, 4) is 11.5 Å². The number of rotatable bonds is 3. The molecule has 2 aliphatic heterocycles. The number of carbonyl (C=O) groups is 1. The second-order valence-corrected chi connectivity index (χ2v) is 6.79. The Bertz CT molecular complexity index is 788. The van der Waals surface area contributed by atoms with Crippen molar-refractivity contribution in [1.82, 2.24) is 4.90 Å². The van der Waals surface area contributed by atoms with Crippen molar-refractivity contribution < 1.29 is 19.2 Å². The predicted octanol–water partition coefficient (Wildman–Crippen LogP) is 1.61. The van der Waals surface area contributed by atoms with Crippen molar-refractivity contribution in [2.24, 2.45) is 0 Å². The van der Waals surface area contributed by atoms with Crippen LogP contribution in [-0.2, 0) is 6.54 Å². The van der Waals surface area contributed by atoms with E-state index >= 15 is 0 Å². The minimum atomic E-state index is 0.0210. The molecule has 0 aliphatic carbocycles. The van der Waals surface area contributed by atoms with Crippen LogP contribution in [0.5, 0.6) is 11.5 Å². The molecule has 25 heavy (non-hydrogen) atoms. The van der Waals surface area contributed by atoms with Crippen molar-refractivity contribution in [3.05, 3.63) is 58.6 Å². The fourth-order valence-corrected chi connectivity index (χ4v) is 3.56. The first-order valence-corrected chi connectivity index (χ1v) is 8.84. The zero-order valence-corrected chi connectivity index (χ0v) is 14.6. The first kappa shape index (κ1) is 16.2. The lowest BCUT2D eigenvalue weighted by Gasteiger charge is -2.32. The van der Waals surface area contributed by atoms with Gasteiger partial charge in [0.05, 0.1) is 36.8 Å². The minimum absolute atomic E-state index is 0.0210. The quantitative estimate of drug-likeness (QED) is 0.905. The van der Waals surface area contributed by atoms with E-state index in [1.165, 1.54) is 10.5 Å². The molecule has 1 fully saturated rings. The lowest BCUT2D eigenvalue weighted by Crippen LogP contribution is -3.13. The van der Waals surface area contributed by atoms with Gasteiger partial charge in [-0.15, -0.1) is 0 Å². The van der Waals surface area contributed by atoms with Crippen LogP contribution in [-0.4, -0.2) is 43.8 Å². The Balaban J connectivity index is 1.35. The zero-order valence-electron chi connectivity index (χ0n) is 13.8. The third-order valence-electron chi connectivity index (χ3n) is 4.75.